The second-order valence-corrected chi connectivity index (χ2v) is 22.4. The molecule has 65 heavy (non-hydrogen) atoms. The van der Waals surface area contributed by atoms with Crippen LogP contribution in [0.4, 0.5) is 11.4 Å². The number of thiophene rings is 2. The van der Waals surface area contributed by atoms with E-state index in [1.807, 2.05) is 22.7 Å². The molecule has 1 N–H and O–H groups in total. The molecular formula is C58H47BN4S2. The Balaban J connectivity index is 1.10. The molecule has 0 amide bonds. The molecule has 7 heteroatoms. The van der Waals surface area contributed by atoms with Gasteiger partial charge in [0, 0.05) is 91.9 Å². The molecule has 12 aromatic rings. The van der Waals surface area contributed by atoms with Crippen molar-refractivity contribution in [2.24, 2.45) is 7.05 Å². The number of nitrogens with one attached hydrogen (secondary N) is 1. The van der Waals surface area contributed by atoms with Crippen molar-refractivity contribution >= 4 is 125 Å². The number of fused-ring (bicyclic) bond motifs is 12. The summed E-state index contributed by atoms with van der Waals surface area (Å²) >= 11 is 3.78. The van der Waals surface area contributed by atoms with E-state index in [9.17, 15) is 0 Å². The number of benzene rings is 8. The highest BCUT2D eigenvalue weighted by atomic mass is 32.1. The zero-order valence-corrected chi connectivity index (χ0v) is 39.4. The zero-order valence-electron chi connectivity index (χ0n) is 37.7. The maximum atomic E-state index is 5.30. The molecule has 0 radical (unpaired) electrons. The van der Waals surface area contributed by atoms with Crippen LogP contribution < -0.4 is 16.2 Å². The number of hydrogen-bond acceptors (Lipinski definition) is 4. The number of nitrogens with zero attached hydrogens (tertiary/aromatic N) is 3. The molecule has 5 heterocycles. The van der Waals surface area contributed by atoms with Gasteiger partial charge in [-0.15, -0.1) is 22.7 Å². The van der Waals surface area contributed by atoms with Crippen LogP contribution in [-0.4, -0.2) is 21.4 Å². The second-order valence-electron chi connectivity index (χ2n) is 20.2. The SMILES string of the molecule is Cn1c(-c2ccccc2)nc2cc3c(cc21)-n1c2cc4c(cc2c2ccc(-c5cc6c(cc5Nc5ccc(C(C)(C)C)cc5)sc5ccc(C(C)(C)C)cc56)c(c21)B3)sc1ccccc14. The maximum Gasteiger partial charge on any atom is 0.198 e. The van der Waals surface area contributed by atoms with Gasteiger partial charge in [-0.3, -0.25) is 0 Å². The van der Waals surface area contributed by atoms with Crippen LogP contribution in [0.25, 0.3) is 101 Å². The maximum absolute atomic E-state index is 5.30. The number of aryl methyl sites for hydroxylation is 1. The number of anilines is 2. The molecule has 1 aliphatic rings. The largest absolute Gasteiger partial charge is 0.355 e. The molecule has 0 saturated carbocycles. The van der Waals surface area contributed by atoms with E-state index in [0.29, 0.717) is 0 Å². The fraction of sp³-hybridized carbons (Fsp3) is 0.155. The lowest BCUT2D eigenvalue weighted by atomic mass is 9.59. The Hall–Kier alpha value is -6.67. The van der Waals surface area contributed by atoms with E-state index >= 15 is 0 Å². The normalized spacial score (nSPS) is 13.0. The molecule has 0 spiro atoms. The first-order valence-corrected chi connectivity index (χ1v) is 24.3. The smallest absolute Gasteiger partial charge is 0.198 e. The van der Waals surface area contributed by atoms with Crippen molar-refractivity contribution in [2.75, 3.05) is 5.32 Å². The highest BCUT2D eigenvalue weighted by Gasteiger charge is 2.29. The standard InChI is InChI=1S/C58H47BN4S2/c1-57(2,3)33-17-20-35(21-18-33)60-45-30-53-42(41-25-34(58(4,5)6)19-24-51(41)65-53)26-39(45)37-22-23-38-40-28-52-43(36-15-11-12-16-50(36)64-52)27-47(40)63-48-31-49-46(29-44(48)59-54(37)55(38)63)61-56(62(49)7)32-13-9-8-10-14-32/h8-31,59-60H,1-7H3. The summed E-state index contributed by atoms with van der Waals surface area (Å²) in [6.45, 7) is 13.8. The minimum absolute atomic E-state index is 0.0453. The molecule has 8 aromatic carbocycles. The van der Waals surface area contributed by atoms with Crippen LogP contribution in [0.15, 0.2) is 146 Å². The fourth-order valence-electron chi connectivity index (χ4n) is 10.6. The van der Waals surface area contributed by atoms with E-state index in [0.717, 1.165) is 41.1 Å². The predicted molar refractivity (Wildman–Crippen MR) is 285 cm³/mol. The highest BCUT2D eigenvalue weighted by Crippen LogP contribution is 2.46. The van der Waals surface area contributed by atoms with Crippen molar-refractivity contribution in [3.05, 3.63) is 157 Å². The Morgan fingerprint density at radius 1 is 0.538 bits per heavy atom. The number of hydrogen-bond donors (Lipinski definition) is 1. The second kappa shape index (κ2) is 13.7. The molecule has 0 atom stereocenters. The summed E-state index contributed by atoms with van der Waals surface area (Å²) in [5, 5.41) is 11.8. The van der Waals surface area contributed by atoms with E-state index < -0.39 is 0 Å². The van der Waals surface area contributed by atoms with Crippen LogP contribution in [0.5, 0.6) is 0 Å². The molecule has 314 valence electrons. The van der Waals surface area contributed by atoms with Crippen LogP contribution in [0, 0.1) is 0 Å². The minimum atomic E-state index is 0.0453. The molecule has 0 bridgehead atoms. The van der Waals surface area contributed by atoms with E-state index in [1.165, 1.54) is 101 Å². The van der Waals surface area contributed by atoms with Gasteiger partial charge in [0.1, 0.15) is 5.82 Å². The molecular weight excluding hydrogens is 828 g/mol. The van der Waals surface area contributed by atoms with Crippen molar-refractivity contribution in [1.29, 1.82) is 0 Å². The molecule has 0 fully saturated rings. The van der Waals surface area contributed by atoms with Gasteiger partial charge < -0.3 is 14.5 Å². The van der Waals surface area contributed by atoms with Gasteiger partial charge in [-0.05, 0) is 99.7 Å². The van der Waals surface area contributed by atoms with Crippen molar-refractivity contribution in [2.45, 2.75) is 52.4 Å². The van der Waals surface area contributed by atoms with Crippen molar-refractivity contribution < 1.29 is 0 Å². The van der Waals surface area contributed by atoms with Crippen LogP contribution >= 0.6 is 22.7 Å². The van der Waals surface area contributed by atoms with E-state index in [-0.39, 0.29) is 10.8 Å². The molecule has 0 saturated heterocycles. The third-order valence-corrected chi connectivity index (χ3v) is 16.3. The van der Waals surface area contributed by atoms with Gasteiger partial charge in [0.25, 0.3) is 0 Å². The molecule has 0 unspecified atom stereocenters. The van der Waals surface area contributed by atoms with Gasteiger partial charge in [0.05, 0.1) is 16.6 Å². The summed E-state index contributed by atoms with van der Waals surface area (Å²) in [6.07, 6.45) is 0. The van der Waals surface area contributed by atoms with Crippen LogP contribution in [-0.2, 0) is 17.9 Å². The third-order valence-electron chi connectivity index (χ3n) is 14.0. The Bertz CT molecular complexity index is 3960. The summed E-state index contributed by atoms with van der Waals surface area (Å²) in [4.78, 5) is 5.30. The Labute approximate surface area is 387 Å². The first-order valence-electron chi connectivity index (χ1n) is 22.7. The summed E-state index contributed by atoms with van der Waals surface area (Å²) in [5.74, 6) is 0.979. The van der Waals surface area contributed by atoms with Crippen LogP contribution in [0.2, 0.25) is 0 Å². The zero-order chi connectivity index (χ0) is 44.1. The van der Waals surface area contributed by atoms with Gasteiger partial charge in [-0.2, -0.15) is 0 Å². The lowest BCUT2D eigenvalue weighted by molar-refractivity contribution is 0.590. The Morgan fingerprint density at radius 3 is 2.02 bits per heavy atom. The molecule has 1 aliphatic heterocycles. The van der Waals surface area contributed by atoms with Gasteiger partial charge >= 0.3 is 0 Å². The predicted octanol–water partition coefficient (Wildman–Crippen LogP) is 14.8. The molecule has 0 aliphatic carbocycles. The fourth-order valence-corrected chi connectivity index (χ4v) is 12.8. The summed E-state index contributed by atoms with van der Waals surface area (Å²) < 4.78 is 10.1. The number of imidazole rings is 1. The van der Waals surface area contributed by atoms with E-state index in [1.54, 1.807) is 0 Å². The molecule has 4 aromatic heterocycles. The van der Waals surface area contributed by atoms with Crippen molar-refractivity contribution in [1.82, 2.24) is 14.1 Å². The van der Waals surface area contributed by atoms with Gasteiger partial charge in [-0.25, -0.2) is 4.98 Å². The lowest BCUT2D eigenvalue weighted by Crippen LogP contribution is -2.37. The Morgan fingerprint density at radius 2 is 1.23 bits per heavy atom. The summed E-state index contributed by atoms with van der Waals surface area (Å²) in [5.41, 5.74) is 17.1. The molecule has 13 rings (SSSR count). The quantitative estimate of drug-likeness (QED) is 0.179. The summed E-state index contributed by atoms with van der Waals surface area (Å²) in [7, 11) is 2.95. The average Bonchev–Trinajstić information content (AvgIpc) is 4.03. The van der Waals surface area contributed by atoms with Crippen LogP contribution in [0.1, 0.15) is 52.7 Å². The highest BCUT2D eigenvalue weighted by molar-refractivity contribution is 7.26. The summed E-state index contributed by atoms with van der Waals surface area (Å²) in [6, 6.07) is 55.0. The first kappa shape index (κ1) is 38.8. The van der Waals surface area contributed by atoms with E-state index in [2.05, 4.69) is 209 Å². The molecule has 4 nitrogen and oxygen atoms in total. The first-order chi connectivity index (χ1) is 31.4. The number of rotatable bonds is 4. The van der Waals surface area contributed by atoms with Gasteiger partial charge in [0.2, 0.25) is 0 Å². The lowest BCUT2D eigenvalue weighted by Gasteiger charge is -2.24. The van der Waals surface area contributed by atoms with Crippen molar-refractivity contribution in [3.63, 3.8) is 0 Å². The van der Waals surface area contributed by atoms with Crippen LogP contribution in [0.3, 0.4) is 0 Å². The Kier molecular flexibility index (Phi) is 8.16. The average molecular weight is 875 g/mol. The van der Waals surface area contributed by atoms with E-state index in [4.69, 9.17) is 4.98 Å². The van der Waals surface area contributed by atoms with Crippen molar-refractivity contribution in [3.8, 4) is 28.2 Å². The monoisotopic (exact) mass is 874 g/mol. The number of aromatic nitrogens is 3. The topological polar surface area (TPSA) is 34.8 Å². The van der Waals surface area contributed by atoms with Gasteiger partial charge in [-0.1, -0.05) is 126 Å². The third kappa shape index (κ3) is 5.91. The van der Waals surface area contributed by atoms with Gasteiger partial charge in [0.15, 0.2) is 7.28 Å². The minimum Gasteiger partial charge on any atom is -0.355 e.